The number of nitrogens with one attached hydrogen (secondary N) is 1. The monoisotopic (exact) mass is 350 g/mol. The van der Waals surface area contributed by atoms with Crippen LogP contribution in [0.5, 0.6) is 5.75 Å². The minimum atomic E-state index is -0.478. The molecule has 6 heteroatoms. The summed E-state index contributed by atoms with van der Waals surface area (Å²) in [4.78, 5) is 14.5. The molecule has 1 aliphatic rings. The van der Waals surface area contributed by atoms with Crippen LogP contribution in [-0.4, -0.2) is 37.6 Å². The number of fused-ring (bicyclic) bond motifs is 1. The third-order valence-corrected chi connectivity index (χ3v) is 4.95. The summed E-state index contributed by atoms with van der Waals surface area (Å²) in [6.45, 7) is 0.555. The van der Waals surface area contributed by atoms with Crippen molar-refractivity contribution in [1.29, 1.82) is 0 Å². The molecule has 122 valence electrons. The lowest BCUT2D eigenvalue weighted by Gasteiger charge is -2.24. The van der Waals surface area contributed by atoms with Crippen LogP contribution in [0.15, 0.2) is 35.0 Å². The van der Waals surface area contributed by atoms with Crippen LogP contribution in [0.2, 0.25) is 5.02 Å². The van der Waals surface area contributed by atoms with Crippen molar-refractivity contribution < 1.29 is 9.53 Å². The van der Waals surface area contributed by atoms with Gasteiger partial charge in [-0.1, -0.05) is 11.6 Å². The number of amides is 1. The van der Waals surface area contributed by atoms with E-state index in [4.69, 9.17) is 16.3 Å². The molecule has 1 aromatic heterocycles. The van der Waals surface area contributed by atoms with Crippen molar-refractivity contribution in [2.24, 2.45) is 0 Å². The van der Waals surface area contributed by atoms with Crippen LogP contribution in [0.25, 0.3) is 0 Å². The molecule has 0 spiro atoms. The minimum Gasteiger partial charge on any atom is -0.480 e. The zero-order chi connectivity index (χ0) is 16.4. The molecule has 1 N–H and O–H groups in total. The molecule has 0 saturated heterocycles. The second-order valence-corrected chi connectivity index (χ2v) is 7.06. The maximum atomic E-state index is 12.4. The van der Waals surface area contributed by atoms with Crippen LogP contribution >= 0.6 is 22.9 Å². The second-order valence-electron chi connectivity index (χ2n) is 5.84. The van der Waals surface area contributed by atoms with Gasteiger partial charge in [0.1, 0.15) is 5.75 Å². The number of hydrogen-bond acceptors (Lipinski definition) is 4. The van der Waals surface area contributed by atoms with E-state index >= 15 is 0 Å². The van der Waals surface area contributed by atoms with Gasteiger partial charge in [0, 0.05) is 18.0 Å². The summed E-state index contributed by atoms with van der Waals surface area (Å²) >= 11 is 7.65. The van der Waals surface area contributed by atoms with Gasteiger partial charge < -0.3 is 15.0 Å². The SMILES string of the molecule is CN(C)[C@@H](CNC(=O)[C@@H]1Cc2cc(Cl)ccc2O1)c1ccsc1. The molecule has 0 fully saturated rings. The number of halogens is 1. The number of rotatable bonds is 5. The standard InChI is InChI=1S/C17H19ClN2O2S/c1-20(2)14(11-5-6-23-10-11)9-19-17(21)16-8-12-7-13(18)3-4-15(12)22-16/h3-7,10,14,16H,8-9H2,1-2H3,(H,19,21)/t14-,16-/m0/s1. The number of benzene rings is 1. The highest BCUT2D eigenvalue weighted by Gasteiger charge is 2.29. The Balaban J connectivity index is 1.60. The molecule has 0 saturated carbocycles. The molecule has 1 amide bonds. The second kappa shape index (κ2) is 6.91. The summed E-state index contributed by atoms with van der Waals surface area (Å²) in [5.41, 5.74) is 2.20. The van der Waals surface area contributed by atoms with Gasteiger partial charge in [0.05, 0.1) is 6.04 Å². The Bertz CT molecular complexity index is 688. The van der Waals surface area contributed by atoms with Crippen molar-refractivity contribution >= 4 is 28.8 Å². The predicted molar refractivity (Wildman–Crippen MR) is 93.3 cm³/mol. The number of carbonyl (C=O) groups is 1. The van der Waals surface area contributed by atoms with Gasteiger partial charge in [0.25, 0.3) is 5.91 Å². The van der Waals surface area contributed by atoms with E-state index in [0.717, 1.165) is 11.3 Å². The van der Waals surface area contributed by atoms with Crippen molar-refractivity contribution in [1.82, 2.24) is 10.2 Å². The molecule has 4 nitrogen and oxygen atoms in total. The first-order chi connectivity index (χ1) is 11.0. The van der Waals surface area contributed by atoms with E-state index in [0.29, 0.717) is 18.0 Å². The van der Waals surface area contributed by atoms with Crippen LogP contribution < -0.4 is 10.1 Å². The van der Waals surface area contributed by atoms with Gasteiger partial charge in [0.2, 0.25) is 0 Å². The summed E-state index contributed by atoms with van der Waals surface area (Å²) in [6.07, 6.45) is 0.0843. The summed E-state index contributed by atoms with van der Waals surface area (Å²) < 4.78 is 5.72. The Hall–Kier alpha value is -1.56. The fourth-order valence-corrected chi connectivity index (χ4v) is 3.64. The third kappa shape index (κ3) is 3.68. The summed E-state index contributed by atoms with van der Waals surface area (Å²) in [7, 11) is 4.02. The lowest BCUT2D eigenvalue weighted by molar-refractivity contribution is -0.127. The van der Waals surface area contributed by atoms with E-state index in [2.05, 4.69) is 21.7 Å². The van der Waals surface area contributed by atoms with Gasteiger partial charge in [-0.15, -0.1) is 0 Å². The molecule has 2 aromatic rings. The zero-order valence-electron chi connectivity index (χ0n) is 13.1. The molecule has 1 aromatic carbocycles. The predicted octanol–water partition coefficient (Wildman–Crippen LogP) is 3.12. The van der Waals surface area contributed by atoms with Crippen molar-refractivity contribution in [3.05, 3.63) is 51.2 Å². The van der Waals surface area contributed by atoms with E-state index in [9.17, 15) is 4.79 Å². The number of hydrogen-bond donors (Lipinski definition) is 1. The quantitative estimate of drug-likeness (QED) is 0.900. The molecule has 23 heavy (non-hydrogen) atoms. The first-order valence-electron chi connectivity index (χ1n) is 7.46. The molecule has 1 aliphatic heterocycles. The molecule has 0 aliphatic carbocycles. The van der Waals surface area contributed by atoms with Crippen molar-refractivity contribution in [3.8, 4) is 5.75 Å². The maximum Gasteiger partial charge on any atom is 0.261 e. The van der Waals surface area contributed by atoms with E-state index in [-0.39, 0.29) is 11.9 Å². The zero-order valence-corrected chi connectivity index (χ0v) is 14.7. The summed E-state index contributed by atoms with van der Waals surface area (Å²) in [5.74, 6) is 0.663. The van der Waals surface area contributed by atoms with Crippen LogP contribution in [0.1, 0.15) is 17.2 Å². The molecule has 0 unspecified atom stereocenters. The average molecular weight is 351 g/mol. The topological polar surface area (TPSA) is 41.6 Å². The minimum absolute atomic E-state index is 0.0839. The molecular formula is C17H19ClN2O2S. The van der Waals surface area contributed by atoms with Gasteiger partial charge in [-0.2, -0.15) is 11.3 Å². The fraction of sp³-hybridized carbons (Fsp3) is 0.353. The molecular weight excluding hydrogens is 332 g/mol. The van der Waals surface area contributed by atoms with Crippen LogP contribution in [0, 0.1) is 0 Å². The van der Waals surface area contributed by atoms with Gasteiger partial charge >= 0.3 is 0 Å². The number of likely N-dealkylation sites (N-methyl/N-ethyl adjacent to an activating group) is 1. The number of carbonyl (C=O) groups excluding carboxylic acids is 1. The van der Waals surface area contributed by atoms with E-state index in [1.54, 1.807) is 17.4 Å². The van der Waals surface area contributed by atoms with Crippen LogP contribution in [0.3, 0.4) is 0 Å². The van der Waals surface area contributed by atoms with E-state index in [1.807, 2.05) is 31.6 Å². The smallest absolute Gasteiger partial charge is 0.261 e. The summed E-state index contributed by atoms with van der Waals surface area (Å²) in [5, 5.41) is 7.84. The van der Waals surface area contributed by atoms with Gasteiger partial charge in [-0.25, -0.2) is 0 Å². The lowest BCUT2D eigenvalue weighted by atomic mass is 10.1. The Labute approximate surface area is 145 Å². The van der Waals surface area contributed by atoms with Gasteiger partial charge in [0.15, 0.2) is 6.10 Å². The van der Waals surface area contributed by atoms with Crippen molar-refractivity contribution in [3.63, 3.8) is 0 Å². The van der Waals surface area contributed by atoms with Crippen molar-refractivity contribution in [2.45, 2.75) is 18.6 Å². The lowest BCUT2D eigenvalue weighted by Crippen LogP contribution is -2.41. The molecule has 3 rings (SSSR count). The van der Waals surface area contributed by atoms with Gasteiger partial charge in [-0.05, 0) is 60.2 Å². The molecule has 2 atom stereocenters. The summed E-state index contributed by atoms with van der Waals surface area (Å²) in [6, 6.07) is 7.70. The fourth-order valence-electron chi connectivity index (χ4n) is 2.74. The normalized spacial score (nSPS) is 17.7. The number of nitrogens with zero attached hydrogens (tertiary/aromatic N) is 1. The van der Waals surface area contributed by atoms with E-state index < -0.39 is 6.10 Å². The first-order valence-corrected chi connectivity index (χ1v) is 8.78. The Morgan fingerprint density at radius 1 is 1.48 bits per heavy atom. The maximum absolute atomic E-state index is 12.4. The molecule has 0 radical (unpaired) electrons. The molecule has 0 bridgehead atoms. The highest BCUT2D eigenvalue weighted by Crippen LogP contribution is 2.31. The van der Waals surface area contributed by atoms with Crippen LogP contribution in [-0.2, 0) is 11.2 Å². The van der Waals surface area contributed by atoms with Crippen molar-refractivity contribution in [2.75, 3.05) is 20.6 Å². The number of ether oxygens (including phenoxy) is 1. The van der Waals surface area contributed by atoms with E-state index in [1.165, 1.54) is 5.56 Å². The highest BCUT2D eigenvalue weighted by atomic mass is 35.5. The molecule has 2 heterocycles. The largest absolute Gasteiger partial charge is 0.480 e. The Morgan fingerprint density at radius 2 is 2.30 bits per heavy atom. The Kier molecular flexibility index (Phi) is 4.90. The number of thiophene rings is 1. The van der Waals surface area contributed by atoms with Crippen LogP contribution in [0.4, 0.5) is 0 Å². The Morgan fingerprint density at radius 3 is 3.00 bits per heavy atom. The first kappa shape index (κ1) is 16.3. The average Bonchev–Trinajstić information content (AvgIpc) is 3.15. The van der Waals surface area contributed by atoms with Gasteiger partial charge in [-0.3, -0.25) is 4.79 Å². The highest BCUT2D eigenvalue weighted by molar-refractivity contribution is 7.07. The third-order valence-electron chi connectivity index (χ3n) is 4.01.